The van der Waals surface area contributed by atoms with E-state index in [1.54, 1.807) is 13.8 Å². The maximum atomic E-state index is 10.9. The van der Waals surface area contributed by atoms with Crippen LogP contribution in [-0.2, 0) is 9.53 Å². The van der Waals surface area contributed by atoms with Crippen LogP contribution >= 0.6 is 0 Å². The number of aliphatic hydroxyl groups is 2. The summed E-state index contributed by atoms with van der Waals surface area (Å²) in [5.41, 5.74) is -0.232. The highest BCUT2D eigenvalue weighted by molar-refractivity contribution is 6.02. The molecule has 1 aromatic rings. The van der Waals surface area contributed by atoms with Gasteiger partial charge in [-0.2, -0.15) is 0 Å². The molecule has 0 spiro atoms. The number of carbonyl (C=O) groups is 3. The first kappa shape index (κ1) is 22.3. The average Bonchev–Trinajstić information content (AvgIpc) is 2.51. The van der Waals surface area contributed by atoms with Gasteiger partial charge in [0.05, 0.1) is 23.3 Å². The molecule has 0 aromatic heterocycles. The van der Waals surface area contributed by atoms with E-state index < -0.39 is 30.1 Å². The zero-order valence-corrected chi connectivity index (χ0v) is 14.2. The molecule has 0 saturated heterocycles. The van der Waals surface area contributed by atoms with E-state index in [9.17, 15) is 19.5 Å². The standard InChI is InChI=1S/C10H10O5.C7H12O3/c1-5(11)6-3-2-4-7(9(12)13)8(6)10(14)15;1-5(2)7(9)10-4-6(3)8/h2-5,11H,1H3,(H,12,13)(H,14,15);6,8H,1,4H2,2-3H3. The largest absolute Gasteiger partial charge is 0.478 e. The van der Waals surface area contributed by atoms with Gasteiger partial charge in [-0.15, -0.1) is 0 Å². The number of carboxylic acids is 2. The SMILES string of the molecule is C=C(C)C(=O)OCC(C)O.CC(O)c1cccc(C(=O)O)c1C(=O)O. The Morgan fingerprint density at radius 1 is 1.12 bits per heavy atom. The molecular weight excluding hydrogens is 332 g/mol. The normalized spacial score (nSPS) is 12.2. The first-order valence-corrected chi connectivity index (χ1v) is 7.27. The second-order valence-electron chi connectivity index (χ2n) is 5.28. The van der Waals surface area contributed by atoms with Gasteiger partial charge in [0.2, 0.25) is 0 Å². The number of hydrogen-bond donors (Lipinski definition) is 4. The van der Waals surface area contributed by atoms with Gasteiger partial charge in [0.15, 0.2) is 0 Å². The molecule has 0 heterocycles. The second-order valence-corrected chi connectivity index (χ2v) is 5.28. The minimum atomic E-state index is -1.36. The Labute approximate surface area is 145 Å². The lowest BCUT2D eigenvalue weighted by atomic mass is 9.98. The van der Waals surface area contributed by atoms with Gasteiger partial charge in [0.1, 0.15) is 6.61 Å². The molecule has 0 saturated carbocycles. The summed E-state index contributed by atoms with van der Waals surface area (Å²) in [4.78, 5) is 32.2. The molecule has 0 amide bonds. The van der Waals surface area contributed by atoms with Crippen molar-refractivity contribution < 1.29 is 39.5 Å². The molecule has 8 nitrogen and oxygen atoms in total. The molecule has 0 fully saturated rings. The van der Waals surface area contributed by atoms with Crippen molar-refractivity contribution in [1.82, 2.24) is 0 Å². The summed E-state index contributed by atoms with van der Waals surface area (Å²) in [5, 5.41) is 35.6. The molecular formula is C17H22O8. The van der Waals surface area contributed by atoms with Crippen molar-refractivity contribution >= 4 is 17.9 Å². The van der Waals surface area contributed by atoms with E-state index in [-0.39, 0.29) is 23.3 Å². The van der Waals surface area contributed by atoms with E-state index >= 15 is 0 Å². The van der Waals surface area contributed by atoms with Crippen molar-refractivity contribution in [2.24, 2.45) is 0 Å². The fourth-order valence-corrected chi connectivity index (χ4v) is 1.65. The molecule has 25 heavy (non-hydrogen) atoms. The van der Waals surface area contributed by atoms with E-state index in [1.807, 2.05) is 0 Å². The molecule has 0 bridgehead atoms. The number of aromatic carboxylic acids is 2. The van der Waals surface area contributed by atoms with Gasteiger partial charge in [0, 0.05) is 5.57 Å². The Hall–Kier alpha value is -2.71. The Balaban J connectivity index is 0.000000504. The minimum Gasteiger partial charge on any atom is -0.478 e. The Morgan fingerprint density at radius 2 is 1.68 bits per heavy atom. The highest BCUT2D eigenvalue weighted by atomic mass is 16.5. The van der Waals surface area contributed by atoms with Crippen molar-refractivity contribution in [2.75, 3.05) is 6.61 Å². The maximum absolute atomic E-state index is 10.9. The summed E-state index contributed by atoms with van der Waals surface area (Å²) in [7, 11) is 0. The molecule has 0 radical (unpaired) electrons. The predicted octanol–water partition coefficient (Wildman–Crippen LogP) is 1.62. The summed E-state index contributed by atoms with van der Waals surface area (Å²) < 4.78 is 4.58. The van der Waals surface area contributed by atoms with Crippen LogP contribution in [0.3, 0.4) is 0 Å². The zero-order chi connectivity index (χ0) is 19.7. The van der Waals surface area contributed by atoms with E-state index in [2.05, 4.69) is 11.3 Å². The highest BCUT2D eigenvalue weighted by Crippen LogP contribution is 2.21. The van der Waals surface area contributed by atoms with Crippen molar-refractivity contribution in [1.29, 1.82) is 0 Å². The molecule has 2 atom stereocenters. The van der Waals surface area contributed by atoms with Gasteiger partial charge in [-0.05, 0) is 32.4 Å². The topological polar surface area (TPSA) is 141 Å². The molecule has 1 aromatic carbocycles. The summed E-state index contributed by atoms with van der Waals surface area (Å²) >= 11 is 0. The Bertz CT molecular complexity index is 646. The summed E-state index contributed by atoms with van der Waals surface area (Å²) in [6, 6.07) is 3.98. The second kappa shape index (κ2) is 10.2. The van der Waals surface area contributed by atoms with Gasteiger partial charge in [0.25, 0.3) is 0 Å². The van der Waals surface area contributed by atoms with Crippen LogP contribution in [0.1, 0.15) is 53.2 Å². The van der Waals surface area contributed by atoms with Gasteiger partial charge in [-0.1, -0.05) is 18.7 Å². The van der Waals surface area contributed by atoms with Crippen LogP contribution in [0.2, 0.25) is 0 Å². The van der Waals surface area contributed by atoms with E-state index in [1.165, 1.54) is 25.1 Å². The lowest BCUT2D eigenvalue weighted by Crippen LogP contribution is -2.15. The minimum absolute atomic E-state index is 0.0334. The monoisotopic (exact) mass is 354 g/mol. The number of carboxylic acid groups (broad SMARTS) is 2. The number of carbonyl (C=O) groups excluding carboxylic acids is 1. The van der Waals surface area contributed by atoms with Gasteiger partial charge >= 0.3 is 17.9 Å². The van der Waals surface area contributed by atoms with Crippen LogP contribution in [0.4, 0.5) is 0 Å². The number of benzene rings is 1. The highest BCUT2D eigenvalue weighted by Gasteiger charge is 2.21. The third kappa shape index (κ3) is 7.60. The number of rotatable bonds is 6. The number of esters is 1. The summed E-state index contributed by atoms with van der Waals surface area (Å²) in [6.45, 7) is 7.90. The zero-order valence-electron chi connectivity index (χ0n) is 14.2. The van der Waals surface area contributed by atoms with E-state index in [0.717, 1.165) is 0 Å². The molecule has 0 aliphatic rings. The average molecular weight is 354 g/mol. The molecule has 4 N–H and O–H groups in total. The van der Waals surface area contributed by atoms with Crippen molar-refractivity contribution in [3.8, 4) is 0 Å². The fraction of sp³-hybridized carbons (Fsp3) is 0.353. The van der Waals surface area contributed by atoms with Crippen LogP contribution in [0.15, 0.2) is 30.4 Å². The third-order valence-corrected chi connectivity index (χ3v) is 2.80. The van der Waals surface area contributed by atoms with Crippen LogP contribution < -0.4 is 0 Å². The number of hydrogen-bond acceptors (Lipinski definition) is 6. The molecule has 0 aliphatic heterocycles. The molecule has 2 unspecified atom stereocenters. The first-order valence-electron chi connectivity index (χ1n) is 7.27. The van der Waals surface area contributed by atoms with Crippen LogP contribution in [0.25, 0.3) is 0 Å². The summed E-state index contributed by atoms with van der Waals surface area (Å²) in [6.07, 6.45) is -1.63. The summed E-state index contributed by atoms with van der Waals surface area (Å²) in [5.74, 6) is -3.14. The van der Waals surface area contributed by atoms with Gasteiger partial charge < -0.3 is 25.2 Å². The lowest BCUT2D eigenvalue weighted by Gasteiger charge is -2.10. The van der Waals surface area contributed by atoms with Crippen molar-refractivity contribution in [2.45, 2.75) is 33.0 Å². The van der Waals surface area contributed by atoms with Crippen molar-refractivity contribution in [3.63, 3.8) is 0 Å². The van der Waals surface area contributed by atoms with Gasteiger partial charge in [-0.25, -0.2) is 14.4 Å². The maximum Gasteiger partial charge on any atom is 0.336 e. The van der Waals surface area contributed by atoms with Crippen LogP contribution in [0.5, 0.6) is 0 Å². The Kier molecular flexibility index (Phi) is 9.11. The number of ether oxygens (including phenoxy) is 1. The Morgan fingerprint density at radius 3 is 2.04 bits per heavy atom. The number of aliphatic hydroxyl groups excluding tert-OH is 2. The van der Waals surface area contributed by atoms with Gasteiger partial charge in [-0.3, -0.25) is 0 Å². The van der Waals surface area contributed by atoms with E-state index in [4.69, 9.17) is 15.3 Å². The van der Waals surface area contributed by atoms with Crippen molar-refractivity contribution in [3.05, 3.63) is 47.0 Å². The smallest absolute Gasteiger partial charge is 0.336 e. The first-order chi connectivity index (χ1) is 11.5. The fourth-order valence-electron chi connectivity index (χ4n) is 1.65. The van der Waals surface area contributed by atoms with Crippen LogP contribution in [-0.4, -0.2) is 51.0 Å². The molecule has 1 rings (SSSR count). The third-order valence-electron chi connectivity index (χ3n) is 2.80. The lowest BCUT2D eigenvalue weighted by molar-refractivity contribution is -0.141. The van der Waals surface area contributed by atoms with E-state index in [0.29, 0.717) is 5.57 Å². The quantitative estimate of drug-likeness (QED) is 0.446. The molecule has 8 heteroatoms. The molecule has 0 aliphatic carbocycles. The molecule has 138 valence electrons. The predicted molar refractivity (Wildman–Crippen MR) is 88.4 cm³/mol. The van der Waals surface area contributed by atoms with Crippen LogP contribution in [0, 0.1) is 0 Å².